The Labute approximate surface area is 261 Å². The van der Waals surface area contributed by atoms with Gasteiger partial charge in [0.15, 0.2) is 0 Å². The van der Waals surface area contributed by atoms with Crippen LogP contribution in [-0.2, 0) is 11.0 Å². The van der Waals surface area contributed by atoms with Crippen LogP contribution in [0.3, 0.4) is 0 Å². The number of fused-ring (bicyclic) bond motifs is 2. The van der Waals surface area contributed by atoms with E-state index in [-0.39, 0.29) is 61.7 Å². The van der Waals surface area contributed by atoms with E-state index in [0.29, 0.717) is 13.0 Å². The first-order chi connectivity index (χ1) is 20.9. The molecular weight excluding hydrogens is 609 g/mol. The molecule has 0 saturated carbocycles. The summed E-state index contributed by atoms with van der Waals surface area (Å²) in [6, 6.07) is 21.7. The van der Waals surface area contributed by atoms with Crippen molar-refractivity contribution < 1.29 is 23.1 Å². The highest BCUT2D eigenvalue weighted by Crippen LogP contribution is 2.42. The Bertz CT molecular complexity index is 1900. The molecule has 2 N–H and O–H groups in total. The number of H-pyrrole nitrogens is 1. The number of pyridine rings is 1. The van der Waals surface area contributed by atoms with E-state index in [2.05, 4.69) is 41.1 Å². The third-order valence-electron chi connectivity index (χ3n) is 7.80. The molecule has 0 amide bonds. The highest BCUT2D eigenvalue weighted by molar-refractivity contribution is 8.00. The Hall–Kier alpha value is -3.79. The summed E-state index contributed by atoms with van der Waals surface area (Å²) in [6.07, 6.45) is -3.77. The van der Waals surface area contributed by atoms with E-state index in [0.717, 1.165) is 23.9 Å². The second kappa shape index (κ2) is 13.1. The number of halogens is 4. The van der Waals surface area contributed by atoms with Crippen LogP contribution in [0, 0.1) is 0 Å². The van der Waals surface area contributed by atoms with Crippen molar-refractivity contribution >= 4 is 50.8 Å². The largest absolute Gasteiger partial charge is 0.507 e. The van der Waals surface area contributed by atoms with Gasteiger partial charge >= 0.3 is 6.18 Å². The van der Waals surface area contributed by atoms with Gasteiger partial charge in [0.1, 0.15) is 11.5 Å². The molecule has 1 unspecified atom stereocenters. The zero-order chi connectivity index (χ0) is 31.6. The average molecular weight is 639 g/mol. The van der Waals surface area contributed by atoms with E-state index < -0.39 is 17.3 Å². The summed E-state index contributed by atoms with van der Waals surface area (Å²) in [6.45, 7) is 2.79. The van der Waals surface area contributed by atoms with E-state index in [1.54, 1.807) is 0 Å². The molecule has 10 heteroatoms. The molecule has 1 atom stereocenters. The van der Waals surface area contributed by atoms with Crippen LogP contribution in [0.25, 0.3) is 32.8 Å². The smallest absolute Gasteiger partial charge is 0.416 e. The number of Topliss-reactive ketones (excluding diaryl/α,β-unsaturated/α-hetero) is 1. The summed E-state index contributed by atoms with van der Waals surface area (Å²) < 4.78 is 40.9. The number of aromatic hydroxyl groups is 1. The lowest BCUT2D eigenvalue weighted by atomic mass is 9.98. The van der Waals surface area contributed by atoms with Gasteiger partial charge in [0, 0.05) is 39.5 Å². The molecule has 0 radical (unpaired) electrons. The molecule has 0 aliphatic carbocycles. The van der Waals surface area contributed by atoms with Gasteiger partial charge in [-0.15, -0.1) is 11.8 Å². The van der Waals surface area contributed by atoms with Crippen LogP contribution in [0.1, 0.15) is 36.9 Å². The Kier molecular flexibility index (Phi) is 9.39. The van der Waals surface area contributed by atoms with Crippen LogP contribution in [0.15, 0.2) is 88.6 Å². The summed E-state index contributed by atoms with van der Waals surface area (Å²) in [5.41, 5.74) is 0.0786. The van der Waals surface area contributed by atoms with Crippen molar-refractivity contribution in [3.8, 4) is 16.9 Å². The van der Waals surface area contributed by atoms with Gasteiger partial charge in [0.05, 0.1) is 16.2 Å². The lowest BCUT2D eigenvalue weighted by molar-refractivity contribution is -0.137. The molecule has 0 aliphatic rings. The van der Waals surface area contributed by atoms with E-state index >= 15 is 0 Å². The molecule has 228 valence electrons. The zero-order valence-electron chi connectivity index (χ0n) is 24.0. The Balaban J connectivity index is 1.34. The molecule has 5 rings (SSSR count). The second-order valence-electron chi connectivity index (χ2n) is 10.7. The highest BCUT2D eigenvalue weighted by Gasteiger charge is 2.31. The third-order valence-corrected chi connectivity index (χ3v) is 9.18. The van der Waals surface area contributed by atoms with Crippen molar-refractivity contribution in [2.24, 2.45) is 0 Å². The molecule has 0 bridgehead atoms. The van der Waals surface area contributed by atoms with Gasteiger partial charge in [0.2, 0.25) is 0 Å². The molecule has 0 aliphatic heterocycles. The Morgan fingerprint density at radius 2 is 1.77 bits per heavy atom. The number of thioether (sulfide) groups is 1. The van der Waals surface area contributed by atoms with Crippen molar-refractivity contribution in [1.29, 1.82) is 0 Å². The number of carbonyl (C=O) groups excluding carboxylic acids is 1. The quantitative estimate of drug-likeness (QED) is 0.150. The minimum atomic E-state index is -4.63. The minimum absolute atomic E-state index is 0.0319. The fourth-order valence-electron chi connectivity index (χ4n) is 5.36. The molecule has 0 spiro atoms. The van der Waals surface area contributed by atoms with E-state index in [1.807, 2.05) is 25.2 Å². The van der Waals surface area contributed by atoms with Gasteiger partial charge < -0.3 is 10.1 Å². The Morgan fingerprint density at radius 1 is 1.02 bits per heavy atom. The van der Waals surface area contributed by atoms with Crippen LogP contribution in [-0.4, -0.2) is 40.1 Å². The number of nitrogens with one attached hydrogen (secondary N) is 1. The maximum Gasteiger partial charge on any atom is 0.416 e. The second-order valence-corrected chi connectivity index (χ2v) is 12.2. The fraction of sp³-hybridized carbons (Fsp3) is 0.235. The summed E-state index contributed by atoms with van der Waals surface area (Å²) in [5, 5.41) is 13.3. The van der Waals surface area contributed by atoms with Crippen LogP contribution in [0.2, 0.25) is 5.02 Å². The van der Waals surface area contributed by atoms with E-state index in [1.165, 1.54) is 40.6 Å². The van der Waals surface area contributed by atoms with Crippen LogP contribution in [0.4, 0.5) is 13.2 Å². The number of benzene rings is 4. The number of nitrogens with zero attached hydrogens (tertiary/aromatic N) is 1. The number of aromatic amines is 1. The van der Waals surface area contributed by atoms with Crippen LogP contribution < -0.4 is 5.56 Å². The van der Waals surface area contributed by atoms with Gasteiger partial charge in [-0.3, -0.25) is 14.5 Å². The topological polar surface area (TPSA) is 73.4 Å². The Morgan fingerprint density at radius 3 is 2.55 bits per heavy atom. The van der Waals surface area contributed by atoms with Crippen LogP contribution >= 0.6 is 23.4 Å². The maximum atomic E-state index is 13.6. The number of alkyl halides is 3. The molecule has 0 fully saturated rings. The van der Waals surface area contributed by atoms with Crippen molar-refractivity contribution in [2.75, 3.05) is 19.3 Å². The number of aromatic nitrogens is 1. The molecular formula is C34H30ClF3N2O3S. The fourth-order valence-corrected chi connectivity index (χ4v) is 6.53. The molecule has 1 aromatic heterocycles. The minimum Gasteiger partial charge on any atom is -0.507 e. The van der Waals surface area contributed by atoms with E-state index in [4.69, 9.17) is 11.6 Å². The van der Waals surface area contributed by atoms with Gasteiger partial charge in [0.25, 0.3) is 5.56 Å². The zero-order valence-corrected chi connectivity index (χ0v) is 25.6. The van der Waals surface area contributed by atoms with Crippen molar-refractivity contribution in [1.82, 2.24) is 9.88 Å². The molecule has 5 aromatic rings. The van der Waals surface area contributed by atoms with Crippen molar-refractivity contribution in [2.45, 2.75) is 36.9 Å². The average Bonchev–Trinajstić information content (AvgIpc) is 2.99. The highest BCUT2D eigenvalue weighted by atomic mass is 35.5. The maximum absolute atomic E-state index is 13.6. The molecule has 4 aromatic carbocycles. The molecule has 5 nitrogen and oxygen atoms in total. The number of rotatable bonds is 10. The van der Waals surface area contributed by atoms with Gasteiger partial charge in [-0.1, -0.05) is 54.1 Å². The lowest BCUT2D eigenvalue weighted by Gasteiger charge is -2.26. The third kappa shape index (κ3) is 6.80. The first kappa shape index (κ1) is 31.6. The van der Waals surface area contributed by atoms with Gasteiger partial charge in [-0.05, 0) is 79.7 Å². The number of phenols is 1. The summed E-state index contributed by atoms with van der Waals surface area (Å²) in [7, 11) is 2.01. The summed E-state index contributed by atoms with van der Waals surface area (Å²) in [4.78, 5) is 31.0. The normalized spacial score (nSPS) is 12.7. The SMILES string of the molecule is CC(c1cccc2ccccc12)N(C)CCCC(=O)CSc1c(-c2cc(Cl)ccc2O)c2cc(C(F)(F)F)ccc2[nH]c1=O. The lowest BCUT2D eigenvalue weighted by Crippen LogP contribution is -2.24. The predicted molar refractivity (Wildman–Crippen MR) is 172 cm³/mol. The van der Waals surface area contributed by atoms with Gasteiger partial charge in [-0.25, -0.2) is 0 Å². The number of ketones is 1. The first-order valence-electron chi connectivity index (χ1n) is 14.0. The number of carbonyl (C=O) groups is 1. The van der Waals surface area contributed by atoms with Crippen LogP contribution in [0.5, 0.6) is 5.75 Å². The van der Waals surface area contributed by atoms with Gasteiger partial charge in [-0.2, -0.15) is 13.2 Å². The predicted octanol–water partition coefficient (Wildman–Crippen LogP) is 8.86. The van der Waals surface area contributed by atoms with Crippen molar-refractivity contribution in [3.05, 3.63) is 105 Å². The first-order valence-corrected chi connectivity index (χ1v) is 15.4. The number of phenolic OH excluding ortho intramolecular Hbond substituents is 1. The number of hydrogen-bond donors (Lipinski definition) is 2. The van der Waals surface area contributed by atoms with E-state index in [9.17, 15) is 27.9 Å². The summed E-state index contributed by atoms with van der Waals surface area (Å²) in [5.74, 6) is -0.425. The molecule has 44 heavy (non-hydrogen) atoms. The number of hydrogen-bond acceptors (Lipinski definition) is 5. The molecule has 1 heterocycles. The molecule has 0 saturated heterocycles. The monoisotopic (exact) mass is 638 g/mol. The summed E-state index contributed by atoms with van der Waals surface area (Å²) >= 11 is 7.11. The van der Waals surface area contributed by atoms with Crippen molar-refractivity contribution in [3.63, 3.8) is 0 Å². The standard InChI is InChI=1S/C34H30ClF3N2O3S/c1-20(25-11-5-8-21-7-3-4-10-26(21)25)40(2)16-6-9-24(41)19-44-32-31(28-18-23(35)13-15-30(28)42)27-17-22(34(36,37)38)12-14-29(27)39-33(32)43/h3-5,7-8,10-15,17-18,20,42H,6,9,16,19H2,1-2H3,(H,39,43).